The molecule has 0 aliphatic rings. The summed E-state index contributed by atoms with van der Waals surface area (Å²) >= 11 is 0. The lowest BCUT2D eigenvalue weighted by Crippen LogP contribution is -2.25. The summed E-state index contributed by atoms with van der Waals surface area (Å²) in [6.07, 6.45) is 0. The van der Waals surface area contributed by atoms with Crippen LogP contribution in [0.25, 0.3) is 0 Å². The molecule has 0 aromatic heterocycles. The highest BCUT2D eigenvalue weighted by Crippen LogP contribution is 2.11. The molecule has 1 aromatic rings. The molecule has 0 spiro atoms. The molecular formula is C12H19NO. The van der Waals surface area contributed by atoms with E-state index in [9.17, 15) is 0 Å². The second kappa shape index (κ2) is 5.78. The molecule has 0 radical (unpaired) electrons. The van der Waals surface area contributed by atoms with Crippen LogP contribution < -0.4 is 5.32 Å². The second-order valence-electron chi connectivity index (χ2n) is 3.83. The summed E-state index contributed by atoms with van der Waals surface area (Å²) in [7, 11) is 0. The van der Waals surface area contributed by atoms with Crippen molar-refractivity contribution in [2.24, 2.45) is 5.92 Å². The van der Waals surface area contributed by atoms with E-state index in [0.29, 0.717) is 12.0 Å². The molecule has 2 nitrogen and oxygen atoms in total. The Bertz CT molecular complexity index is 248. The third-order valence-electron chi connectivity index (χ3n) is 2.38. The third kappa shape index (κ3) is 3.48. The number of nitrogens with one attached hydrogen (secondary N) is 1. The van der Waals surface area contributed by atoms with Crippen molar-refractivity contribution in [1.29, 1.82) is 0 Å². The molecule has 1 aromatic carbocycles. The molecule has 2 heteroatoms. The molecule has 0 heterocycles. The van der Waals surface area contributed by atoms with Crippen LogP contribution in [0, 0.1) is 5.92 Å². The van der Waals surface area contributed by atoms with E-state index in [4.69, 9.17) is 5.11 Å². The Morgan fingerprint density at radius 2 is 1.86 bits per heavy atom. The van der Waals surface area contributed by atoms with Crippen LogP contribution in [0.3, 0.4) is 0 Å². The Morgan fingerprint density at radius 3 is 2.43 bits per heavy atom. The minimum absolute atomic E-state index is 0.245. The molecule has 2 N–H and O–H groups in total. The maximum absolute atomic E-state index is 8.88. The van der Waals surface area contributed by atoms with E-state index in [2.05, 4.69) is 24.4 Å². The molecule has 1 unspecified atom stereocenters. The van der Waals surface area contributed by atoms with Gasteiger partial charge in [0.05, 0.1) is 0 Å². The van der Waals surface area contributed by atoms with E-state index in [1.807, 2.05) is 25.1 Å². The number of hydrogen-bond donors (Lipinski definition) is 2. The quantitative estimate of drug-likeness (QED) is 0.749. The van der Waals surface area contributed by atoms with Crippen LogP contribution in [0.15, 0.2) is 30.3 Å². The van der Waals surface area contributed by atoms with Crippen LogP contribution in [0.5, 0.6) is 0 Å². The number of aliphatic hydroxyl groups is 1. The van der Waals surface area contributed by atoms with Crippen LogP contribution in [0.1, 0.15) is 25.5 Å². The van der Waals surface area contributed by atoms with Gasteiger partial charge in [0.15, 0.2) is 0 Å². The first-order valence-corrected chi connectivity index (χ1v) is 5.13. The summed E-state index contributed by atoms with van der Waals surface area (Å²) in [4.78, 5) is 0. The highest BCUT2D eigenvalue weighted by Gasteiger charge is 2.05. The summed E-state index contributed by atoms with van der Waals surface area (Å²) in [5, 5.41) is 12.3. The van der Waals surface area contributed by atoms with Gasteiger partial charge in [-0.3, -0.25) is 0 Å². The van der Waals surface area contributed by atoms with Crippen molar-refractivity contribution in [3.63, 3.8) is 0 Å². The van der Waals surface area contributed by atoms with Crippen molar-refractivity contribution in [1.82, 2.24) is 5.32 Å². The van der Waals surface area contributed by atoms with Gasteiger partial charge in [0.25, 0.3) is 0 Å². The molecule has 0 aliphatic carbocycles. The Balaban J connectivity index is 2.39. The molecule has 14 heavy (non-hydrogen) atoms. The van der Waals surface area contributed by atoms with E-state index < -0.39 is 0 Å². The molecular weight excluding hydrogens is 174 g/mol. The molecule has 0 fully saturated rings. The Labute approximate surface area is 86.0 Å². The Hall–Kier alpha value is -0.860. The van der Waals surface area contributed by atoms with Gasteiger partial charge in [-0.05, 0) is 18.4 Å². The molecule has 0 saturated heterocycles. The van der Waals surface area contributed by atoms with Crippen molar-refractivity contribution in [2.75, 3.05) is 13.2 Å². The molecule has 1 rings (SSSR count). The highest BCUT2D eigenvalue weighted by molar-refractivity contribution is 5.17. The highest BCUT2D eigenvalue weighted by atomic mass is 16.3. The SMILES string of the molecule is CC(CO)CN[C@H](C)c1ccccc1. The maximum atomic E-state index is 8.88. The summed E-state index contributed by atoms with van der Waals surface area (Å²) in [6.45, 7) is 5.27. The van der Waals surface area contributed by atoms with Crippen LogP contribution in [0.2, 0.25) is 0 Å². The molecule has 0 aliphatic heterocycles. The van der Waals surface area contributed by atoms with Crippen LogP contribution in [-0.4, -0.2) is 18.3 Å². The lowest BCUT2D eigenvalue weighted by atomic mass is 10.1. The Kier molecular flexibility index (Phi) is 4.63. The summed E-state index contributed by atoms with van der Waals surface area (Å²) in [6, 6.07) is 10.7. The summed E-state index contributed by atoms with van der Waals surface area (Å²) < 4.78 is 0. The van der Waals surface area contributed by atoms with Crippen molar-refractivity contribution < 1.29 is 5.11 Å². The maximum Gasteiger partial charge on any atom is 0.0468 e. The molecule has 78 valence electrons. The van der Waals surface area contributed by atoms with Gasteiger partial charge in [-0.15, -0.1) is 0 Å². The van der Waals surface area contributed by atoms with E-state index in [0.717, 1.165) is 6.54 Å². The van der Waals surface area contributed by atoms with E-state index in [-0.39, 0.29) is 6.61 Å². The van der Waals surface area contributed by atoms with Gasteiger partial charge in [-0.1, -0.05) is 37.3 Å². The fraction of sp³-hybridized carbons (Fsp3) is 0.500. The van der Waals surface area contributed by atoms with E-state index in [1.165, 1.54) is 5.56 Å². The first kappa shape index (κ1) is 11.2. The molecule has 2 atom stereocenters. The summed E-state index contributed by atoms with van der Waals surface area (Å²) in [5.74, 6) is 0.321. The fourth-order valence-corrected chi connectivity index (χ4v) is 1.30. The topological polar surface area (TPSA) is 32.3 Å². The van der Waals surface area contributed by atoms with Crippen LogP contribution in [0.4, 0.5) is 0 Å². The number of hydrogen-bond acceptors (Lipinski definition) is 2. The number of rotatable bonds is 5. The zero-order valence-electron chi connectivity index (χ0n) is 8.90. The predicted octanol–water partition coefficient (Wildman–Crippen LogP) is 1.97. The Morgan fingerprint density at radius 1 is 1.21 bits per heavy atom. The van der Waals surface area contributed by atoms with Crippen LogP contribution in [-0.2, 0) is 0 Å². The van der Waals surface area contributed by atoms with E-state index in [1.54, 1.807) is 0 Å². The average Bonchev–Trinajstić information content (AvgIpc) is 2.26. The van der Waals surface area contributed by atoms with Crippen molar-refractivity contribution >= 4 is 0 Å². The monoisotopic (exact) mass is 193 g/mol. The van der Waals surface area contributed by atoms with Gasteiger partial charge < -0.3 is 10.4 Å². The average molecular weight is 193 g/mol. The van der Waals surface area contributed by atoms with Gasteiger partial charge >= 0.3 is 0 Å². The lowest BCUT2D eigenvalue weighted by molar-refractivity contribution is 0.231. The minimum Gasteiger partial charge on any atom is -0.396 e. The van der Waals surface area contributed by atoms with Gasteiger partial charge in [0, 0.05) is 19.2 Å². The lowest BCUT2D eigenvalue weighted by Gasteiger charge is -2.16. The van der Waals surface area contributed by atoms with Gasteiger partial charge in [-0.2, -0.15) is 0 Å². The molecule has 0 bridgehead atoms. The fourth-order valence-electron chi connectivity index (χ4n) is 1.30. The van der Waals surface area contributed by atoms with E-state index >= 15 is 0 Å². The zero-order valence-corrected chi connectivity index (χ0v) is 8.90. The molecule has 0 saturated carbocycles. The predicted molar refractivity (Wildman–Crippen MR) is 59.1 cm³/mol. The second-order valence-corrected chi connectivity index (χ2v) is 3.83. The largest absolute Gasteiger partial charge is 0.396 e. The first-order valence-electron chi connectivity index (χ1n) is 5.13. The van der Waals surface area contributed by atoms with Crippen molar-refractivity contribution in [2.45, 2.75) is 19.9 Å². The van der Waals surface area contributed by atoms with Crippen molar-refractivity contribution in [3.05, 3.63) is 35.9 Å². The molecule has 0 amide bonds. The van der Waals surface area contributed by atoms with Gasteiger partial charge in [-0.25, -0.2) is 0 Å². The third-order valence-corrected chi connectivity index (χ3v) is 2.38. The number of benzene rings is 1. The minimum atomic E-state index is 0.245. The summed E-state index contributed by atoms with van der Waals surface area (Å²) in [5.41, 5.74) is 1.29. The van der Waals surface area contributed by atoms with Gasteiger partial charge in [0.2, 0.25) is 0 Å². The standard InChI is InChI=1S/C12H19NO/c1-10(9-14)8-13-11(2)12-6-4-3-5-7-12/h3-7,10-11,13-14H,8-9H2,1-2H3/t10?,11-/m1/s1. The zero-order chi connectivity index (χ0) is 10.4. The number of aliphatic hydroxyl groups excluding tert-OH is 1. The van der Waals surface area contributed by atoms with Crippen molar-refractivity contribution in [3.8, 4) is 0 Å². The normalized spacial score (nSPS) is 15.1. The first-order chi connectivity index (χ1) is 6.74. The van der Waals surface area contributed by atoms with Gasteiger partial charge in [0.1, 0.15) is 0 Å². The smallest absolute Gasteiger partial charge is 0.0468 e. The van der Waals surface area contributed by atoms with Crippen LogP contribution >= 0.6 is 0 Å².